The third kappa shape index (κ3) is 4.29. The normalized spacial score (nSPS) is 11.8. The number of pyridine rings is 1. The van der Waals surface area contributed by atoms with Gasteiger partial charge in [-0.15, -0.1) is 10.2 Å². The topological polar surface area (TPSA) is 132 Å². The molecule has 3 N–H and O–H groups in total. The molecule has 1 aromatic heterocycles. The average Bonchev–Trinajstić information content (AvgIpc) is 2.49. The quantitative estimate of drug-likeness (QED) is 0.437. The fraction of sp³-hybridized carbons (Fsp3) is 0.143. The smallest absolute Gasteiger partial charge is 0.330 e. The lowest BCUT2D eigenvalue weighted by molar-refractivity contribution is 0.112. The lowest BCUT2D eigenvalue weighted by atomic mass is 10.1. The molecule has 0 bridgehead atoms. The van der Waals surface area contributed by atoms with Crippen molar-refractivity contribution in [3.05, 3.63) is 47.2 Å². The fourth-order valence-electron chi connectivity index (χ4n) is 1.91. The summed E-state index contributed by atoms with van der Waals surface area (Å²) in [7, 11) is -4.50. The van der Waals surface area contributed by atoms with Crippen LogP contribution in [0.2, 0.25) is 0 Å². The number of hydrogen-bond donors (Lipinski definition) is 3. The van der Waals surface area contributed by atoms with Crippen molar-refractivity contribution in [3.63, 3.8) is 0 Å². The van der Waals surface area contributed by atoms with Crippen LogP contribution in [-0.2, 0) is 10.7 Å². The lowest BCUT2D eigenvalue weighted by Gasteiger charge is -2.11. The molecule has 0 atom stereocenters. The summed E-state index contributed by atoms with van der Waals surface area (Å²) in [6.07, 6.45) is -0.457. The Hall–Kier alpha value is -2.41. The Morgan fingerprint density at radius 3 is 2.43 bits per heavy atom. The number of carbonyl (C=O) groups is 1. The highest BCUT2D eigenvalue weighted by molar-refractivity contribution is 7.50. The second kappa shape index (κ2) is 6.78. The highest BCUT2D eigenvalue weighted by Gasteiger charge is 2.24. The van der Waals surface area contributed by atoms with Gasteiger partial charge in [-0.2, -0.15) is 0 Å². The Morgan fingerprint density at radius 1 is 1.22 bits per heavy atom. The molecular formula is C14H14N3O5P. The van der Waals surface area contributed by atoms with Crippen molar-refractivity contribution in [1.82, 2.24) is 4.98 Å². The van der Waals surface area contributed by atoms with E-state index >= 15 is 0 Å². The first-order valence-electron chi connectivity index (χ1n) is 6.51. The monoisotopic (exact) mass is 335 g/mol. The summed E-state index contributed by atoms with van der Waals surface area (Å²) in [4.78, 5) is 33.5. The van der Waals surface area contributed by atoms with Crippen molar-refractivity contribution in [2.75, 3.05) is 0 Å². The summed E-state index contributed by atoms with van der Waals surface area (Å²) in [6, 6.07) is 8.65. The highest BCUT2D eigenvalue weighted by atomic mass is 31.2. The molecule has 0 aliphatic rings. The van der Waals surface area contributed by atoms with E-state index in [1.807, 2.05) is 0 Å². The van der Waals surface area contributed by atoms with Crippen LogP contribution in [0.25, 0.3) is 0 Å². The molecule has 0 amide bonds. The van der Waals surface area contributed by atoms with Gasteiger partial charge < -0.3 is 14.9 Å². The molecule has 0 aliphatic carbocycles. The summed E-state index contributed by atoms with van der Waals surface area (Å²) < 4.78 is 11.3. The molecule has 0 radical (unpaired) electrons. The fourth-order valence-corrected chi connectivity index (χ4v) is 2.63. The molecule has 0 unspecified atom stereocenters. The van der Waals surface area contributed by atoms with Crippen LogP contribution in [0.15, 0.2) is 40.6 Å². The van der Waals surface area contributed by atoms with Gasteiger partial charge in [0, 0.05) is 5.56 Å². The van der Waals surface area contributed by atoms with Gasteiger partial charge in [-0.25, -0.2) is 4.98 Å². The molecule has 0 saturated heterocycles. The van der Waals surface area contributed by atoms with Crippen LogP contribution >= 0.6 is 7.60 Å². The standard InChI is InChI=1S/C14H14N3O5P/c1-9-13(19)11(7-18)12(8-23(20,21)22)14(15-9)17-16-10-5-3-2-4-6-10/h2-7,19H,8H2,1H3,(H2,20,21,22). The number of azo groups is 1. The van der Waals surface area contributed by atoms with Crippen molar-refractivity contribution in [1.29, 1.82) is 0 Å². The number of benzene rings is 1. The molecule has 2 aromatic rings. The molecule has 1 aromatic carbocycles. The third-order valence-electron chi connectivity index (χ3n) is 2.96. The van der Waals surface area contributed by atoms with E-state index in [2.05, 4.69) is 15.2 Å². The van der Waals surface area contributed by atoms with Crippen molar-refractivity contribution in [2.24, 2.45) is 10.2 Å². The van der Waals surface area contributed by atoms with Gasteiger partial charge in [0.2, 0.25) is 0 Å². The Bertz CT molecular complexity index is 802. The SMILES string of the molecule is Cc1nc(N=Nc2ccccc2)c(CP(=O)(O)O)c(C=O)c1O. The largest absolute Gasteiger partial charge is 0.505 e. The predicted molar refractivity (Wildman–Crippen MR) is 82.4 cm³/mol. The van der Waals surface area contributed by atoms with Gasteiger partial charge in [0.25, 0.3) is 0 Å². The lowest BCUT2D eigenvalue weighted by Crippen LogP contribution is -2.00. The van der Waals surface area contributed by atoms with E-state index in [1.165, 1.54) is 6.92 Å². The number of aromatic hydroxyl groups is 1. The van der Waals surface area contributed by atoms with Crippen LogP contribution in [0.5, 0.6) is 5.75 Å². The minimum absolute atomic E-state index is 0.114. The van der Waals surface area contributed by atoms with Gasteiger partial charge in [0.05, 0.1) is 23.1 Å². The number of carbonyl (C=O) groups excluding carboxylic acids is 1. The second-order valence-corrected chi connectivity index (χ2v) is 6.38. The number of aromatic nitrogens is 1. The first-order valence-corrected chi connectivity index (χ1v) is 8.30. The minimum atomic E-state index is -4.50. The Morgan fingerprint density at radius 2 is 1.87 bits per heavy atom. The minimum Gasteiger partial charge on any atom is -0.505 e. The predicted octanol–water partition coefficient (Wildman–Crippen LogP) is 3.00. The van der Waals surface area contributed by atoms with E-state index in [4.69, 9.17) is 0 Å². The molecule has 23 heavy (non-hydrogen) atoms. The maximum Gasteiger partial charge on any atom is 0.330 e. The van der Waals surface area contributed by atoms with Gasteiger partial charge in [-0.1, -0.05) is 18.2 Å². The van der Waals surface area contributed by atoms with E-state index < -0.39 is 19.5 Å². The van der Waals surface area contributed by atoms with Crippen LogP contribution in [-0.4, -0.2) is 26.2 Å². The number of aryl methyl sites for hydroxylation is 1. The van der Waals surface area contributed by atoms with E-state index in [0.29, 0.717) is 12.0 Å². The number of nitrogens with zero attached hydrogens (tertiary/aromatic N) is 3. The number of aldehydes is 1. The van der Waals surface area contributed by atoms with Crippen LogP contribution in [0, 0.1) is 6.92 Å². The summed E-state index contributed by atoms with van der Waals surface area (Å²) in [6.45, 7) is 1.45. The van der Waals surface area contributed by atoms with Crippen molar-refractivity contribution in [3.8, 4) is 5.75 Å². The van der Waals surface area contributed by atoms with Gasteiger partial charge in [-0.3, -0.25) is 9.36 Å². The van der Waals surface area contributed by atoms with Crippen LogP contribution in [0.4, 0.5) is 11.5 Å². The third-order valence-corrected chi connectivity index (χ3v) is 3.69. The highest BCUT2D eigenvalue weighted by Crippen LogP contribution is 2.44. The Kier molecular flexibility index (Phi) is 5.00. The first kappa shape index (κ1) is 17.0. The van der Waals surface area contributed by atoms with Crippen LogP contribution in [0.3, 0.4) is 0 Å². The summed E-state index contributed by atoms with van der Waals surface area (Å²) in [5.74, 6) is -0.545. The van der Waals surface area contributed by atoms with Crippen molar-refractivity contribution >= 4 is 25.4 Å². The summed E-state index contributed by atoms with van der Waals surface area (Å²) >= 11 is 0. The molecule has 0 aliphatic heterocycles. The van der Waals surface area contributed by atoms with Gasteiger partial charge in [0.1, 0.15) is 5.75 Å². The van der Waals surface area contributed by atoms with Gasteiger partial charge in [0.15, 0.2) is 12.1 Å². The Labute approximate surface area is 131 Å². The molecule has 120 valence electrons. The molecular weight excluding hydrogens is 321 g/mol. The molecule has 9 heteroatoms. The first-order chi connectivity index (χ1) is 10.8. The second-order valence-electron chi connectivity index (χ2n) is 4.74. The van der Waals surface area contributed by atoms with E-state index in [1.54, 1.807) is 30.3 Å². The summed E-state index contributed by atoms with van der Waals surface area (Å²) in [5, 5.41) is 17.7. The zero-order valence-corrected chi connectivity index (χ0v) is 13.0. The van der Waals surface area contributed by atoms with Crippen LogP contribution in [0.1, 0.15) is 21.6 Å². The maximum atomic E-state index is 11.3. The van der Waals surface area contributed by atoms with E-state index in [0.717, 1.165) is 0 Å². The molecule has 1 heterocycles. The molecule has 0 spiro atoms. The molecule has 0 fully saturated rings. The van der Waals surface area contributed by atoms with Crippen LogP contribution < -0.4 is 0 Å². The molecule has 0 saturated carbocycles. The average molecular weight is 335 g/mol. The molecule has 2 rings (SSSR count). The van der Waals surface area contributed by atoms with Gasteiger partial charge in [-0.05, 0) is 19.1 Å². The number of hydrogen-bond acceptors (Lipinski definition) is 6. The van der Waals surface area contributed by atoms with Crippen molar-refractivity contribution in [2.45, 2.75) is 13.1 Å². The number of rotatable bonds is 5. The van der Waals surface area contributed by atoms with E-state index in [9.17, 15) is 24.3 Å². The van der Waals surface area contributed by atoms with Crippen molar-refractivity contribution < 1.29 is 24.3 Å². The Balaban J connectivity index is 2.57. The zero-order chi connectivity index (χ0) is 17.0. The maximum absolute atomic E-state index is 11.3. The molecule has 8 nitrogen and oxygen atoms in total. The van der Waals surface area contributed by atoms with E-state index in [-0.39, 0.29) is 22.6 Å². The van der Waals surface area contributed by atoms with Gasteiger partial charge >= 0.3 is 7.60 Å². The zero-order valence-electron chi connectivity index (χ0n) is 12.1. The summed E-state index contributed by atoms with van der Waals surface area (Å²) in [5.41, 5.74) is 0.234.